The lowest BCUT2D eigenvalue weighted by Gasteiger charge is -2.32. The molecule has 3 aromatic rings. The predicted molar refractivity (Wildman–Crippen MR) is 147 cm³/mol. The molecule has 0 bridgehead atoms. The number of aromatic nitrogens is 5. The number of alkyl carbamates (subject to hydrolysis) is 1. The maximum absolute atomic E-state index is 15.3. The van der Waals surface area contributed by atoms with Gasteiger partial charge in [-0.15, -0.1) is 4.80 Å². The number of halogens is 1. The Labute approximate surface area is 228 Å². The first-order valence-corrected chi connectivity index (χ1v) is 12.7. The highest BCUT2D eigenvalue weighted by Gasteiger charge is 2.30. The van der Waals surface area contributed by atoms with Crippen molar-refractivity contribution in [1.29, 1.82) is 5.26 Å². The molecular weight excluding hydrogens is 499 g/mol. The first-order chi connectivity index (χ1) is 18.3. The van der Waals surface area contributed by atoms with Crippen LogP contribution < -0.4 is 10.6 Å². The predicted octanol–water partition coefficient (Wildman–Crippen LogP) is 5.71. The van der Waals surface area contributed by atoms with Gasteiger partial charge in [0.2, 0.25) is 0 Å². The van der Waals surface area contributed by atoms with Crippen molar-refractivity contribution in [3.63, 3.8) is 0 Å². The minimum atomic E-state index is -0.683. The fraction of sp³-hybridized carbons (Fsp3) is 0.429. The van der Waals surface area contributed by atoms with Gasteiger partial charge in [0.25, 0.3) is 0 Å². The molecule has 0 aliphatic carbocycles. The third kappa shape index (κ3) is 7.16. The standard InChI is InChI=1S/C28H35FN8O2/c1-9-16(2)24(36-27(38)39-28(6,7)8)17(3)18(4)25-22(29)12-20(14-30)26(35-25)34-21-13-23(19(5)31-15-21)37-32-10-11-33-37/h10-13,15-17,24H,4,9H2,1-3,5-8H3,(H,34,35)(H,36,38)/t16?,17-,24-/m0/s1. The van der Waals surface area contributed by atoms with E-state index in [-0.39, 0.29) is 23.0 Å². The van der Waals surface area contributed by atoms with Gasteiger partial charge < -0.3 is 15.4 Å². The number of carbonyl (C=O) groups excluding carboxylic acids is 1. The van der Waals surface area contributed by atoms with E-state index in [4.69, 9.17) is 4.74 Å². The Balaban J connectivity index is 1.94. The molecular formula is C28H35FN8O2. The summed E-state index contributed by atoms with van der Waals surface area (Å²) in [6.45, 7) is 17.2. The van der Waals surface area contributed by atoms with E-state index in [1.165, 1.54) is 4.80 Å². The lowest BCUT2D eigenvalue weighted by atomic mass is 9.83. The summed E-state index contributed by atoms with van der Waals surface area (Å²) in [5.41, 5.74) is 1.57. The summed E-state index contributed by atoms with van der Waals surface area (Å²) < 4.78 is 20.7. The van der Waals surface area contributed by atoms with Gasteiger partial charge in [-0.05, 0) is 51.3 Å². The highest BCUT2D eigenvalue weighted by atomic mass is 19.1. The van der Waals surface area contributed by atoms with Gasteiger partial charge in [-0.3, -0.25) is 4.98 Å². The van der Waals surface area contributed by atoms with Crippen molar-refractivity contribution < 1.29 is 13.9 Å². The van der Waals surface area contributed by atoms with Crippen LogP contribution in [0.4, 0.5) is 20.7 Å². The molecule has 0 saturated heterocycles. The second kappa shape index (κ2) is 12.0. The smallest absolute Gasteiger partial charge is 0.407 e. The van der Waals surface area contributed by atoms with Crippen molar-refractivity contribution in [2.24, 2.45) is 11.8 Å². The number of pyridine rings is 2. The van der Waals surface area contributed by atoms with Crippen molar-refractivity contribution in [3.8, 4) is 11.8 Å². The van der Waals surface area contributed by atoms with Crippen LogP contribution in [0.25, 0.3) is 11.3 Å². The molecule has 39 heavy (non-hydrogen) atoms. The number of nitrogens with zero attached hydrogens (tertiary/aromatic N) is 6. The van der Waals surface area contributed by atoms with Crippen LogP contribution >= 0.6 is 0 Å². The summed E-state index contributed by atoms with van der Waals surface area (Å²) in [5.74, 6) is -0.893. The molecule has 0 aliphatic heterocycles. The monoisotopic (exact) mass is 534 g/mol. The van der Waals surface area contributed by atoms with Crippen molar-refractivity contribution in [3.05, 3.63) is 60.1 Å². The van der Waals surface area contributed by atoms with E-state index < -0.39 is 29.5 Å². The summed E-state index contributed by atoms with van der Waals surface area (Å²) in [4.78, 5) is 22.9. The molecule has 2 N–H and O–H groups in total. The normalized spacial score (nSPS) is 13.6. The molecule has 0 radical (unpaired) electrons. The molecule has 3 heterocycles. The highest BCUT2D eigenvalue weighted by Crippen LogP contribution is 2.32. The summed E-state index contributed by atoms with van der Waals surface area (Å²) in [5, 5.41) is 24.0. The van der Waals surface area contributed by atoms with Crippen LogP contribution in [0.2, 0.25) is 0 Å². The van der Waals surface area contributed by atoms with Gasteiger partial charge in [0.1, 0.15) is 28.9 Å². The average Bonchev–Trinajstić information content (AvgIpc) is 3.41. The zero-order chi connectivity index (χ0) is 28.9. The first kappa shape index (κ1) is 29.2. The third-order valence-electron chi connectivity index (χ3n) is 6.39. The number of nitrogens with one attached hydrogen (secondary N) is 2. The maximum Gasteiger partial charge on any atom is 0.407 e. The lowest BCUT2D eigenvalue weighted by molar-refractivity contribution is 0.0475. The minimum absolute atomic E-state index is 0.00247. The number of amides is 1. The lowest BCUT2D eigenvalue weighted by Crippen LogP contribution is -2.46. The Bertz CT molecular complexity index is 1380. The number of hydrogen-bond donors (Lipinski definition) is 2. The van der Waals surface area contributed by atoms with Crippen molar-refractivity contribution >= 4 is 23.2 Å². The summed E-state index contributed by atoms with van der Waals surface area (Å²) in [6, 6.07) is 4.48. The molecule has 0 spiro atoms. The topological polar surface area (TPSA) is 131 Å². The molecule has 3 atom stereocenters. The Morgan fingerprint density at radius 1 is 1.26 bits per heavy atom. The van der Waals surface area contributed by atoms with Gasteiger partial charge in [-0.2, -0.15) is 15.5 Å². The van der Waals surface area contributed by atoms with Gasteiger partial charge >= 0.3 is 6.09 Å². The Morgan fingerprint density at radius 2 is 1.92 bits per heavy atom. The van der Waals surface area contributed by atoms with Gasteiger partial charge in [0.05, 0.1) is 35.5 Å². The van der Waals surface area contributed by atoms with E-state index in [2.05, 4.69) is 37.4 Å². The van der Waals surface area contributed by atoms with E-state index >= 15 is 4.39 Å². The second-order valence-electron chi connectivity index (χ2n) is 10.5. The van der Waals surface area contributed by atoms with Crippen LogP contribution in [0, 0.1) is 35.9 Å². The number of nitriles is 1. The molecule has 1 amide bonds. The molecule has 3 aromatic heterocycles. The Kier molecular flexibility index (Phi) is 9.01. The molecule has 3 rings (SSSR count). The van der Waals surface area contributed by atoms with Gasteiger partial charge in [-0.1, -0.05) is 33.8 Å². The number of anilines is 2. The average molecular weight is 535 g/mol. The first-order valence-electron chi connectivity index (χ1n) is 12.7. The number of aryl methyl sites for hydroxylation is 1. The number of ether oxygens (including phenoxy) is 1. The van der Waals surface area contributed by atoms with E-state index in [1.807, 2.05) is 33.8 Å². The van der Waals surface area contributed by atoms with E-state index in [0.29, 0.717) is 22.6 Å². The minimum Gasteiger partial charge on any atom is -0.444 e. The largest absolute Gasteiger partial charge is 0.444 e. The zero-order valence-corrected chi connectivity index (χ0v) is 23.4. The summed E-state index contributed by atoms with van der Waals surface area (Å²) in [7, 11) is 0. The fourth-order valence-electron chi connectivity index (χ4n) is 4.05. The quantitative estimate of drug-likeness (QED) is 0.357. The third-order valence-corrected chi connectivity index (χ3v) is 6.39. The number of hydrogen-bond acceptors (Lipinski definition) is 8. The van der Waals surface area contributed by atoms with Crippen LogP contribution in [0.15, 0.2) is 37.3 Å². The second-order valence-corrected chi connectivity index (χ2v) is 10.5. The van der Waals surface area contributed by atoms with Crippen LogP contribution in [0.5, 0.6) is 0 Å². The van der Waals surface area contributed by atoms with E-state index in [0.717, 1.165) is 12.5 Å². The van der Waals surface area contributed by atoms with Crippen molar-refractivity contribution in [2.45, 2.75) is 66.5 Å². The number of rotatable bonds is 9. The van der Waals surface area contributed by atoms with Crippen LogP contribution in [-0.4, -0.2) is 42.7 Å². The van der Waals surface area contributed by atoms with Gasteiger partial charge in [0.15, 0.2) is 5.82 Å². The molecule has 0 saturated carbocycles. The van der Waals surface area contributed by atoms with Crippen LogP contribution in [-0.2, 0) is 4.74 Å². The molecule has 0 fully saturated rings. The molecule has 0 aliphatic rings. The molecule has 206 valence electrons. The van der Waals surface area contributed by atoms with Crippen LogP contribution in [0.1, 0.15) is 64.9 Å². The molecule has 10 nitrogen and oxygen atoms in total. The van der Waals surface area contributed by atoms with Crippen molar-refractivity contribution in [2.75, 3.05) is 5.32 Å². The summed E-state index contributed by atoms with van der Waals surface area (Å²) in [6.07, 6.45) is 4.89. The van der Waals surface area contributed by atoms with Gasteiger partial charge in [-0.25, -0.2) is 14.2 Å². The van der Waals surface area contributed by atoms with Crippen molar-refractivity contribution in [1.82, 2.24) is 30.3 Å². The van der Waals surface area contributed by atoms with Crippen LogP contribution in [0.3, 0.4) is 0 Å². The summed E-state index contributed by atoms with van der Waals surface area (Å²) >= 11 is 0. The Hall–Kier alpha value is -4.33. The Morgan fingerprint density at radius 3 is 2.51 bits per heavy atom. The van der Waals surface area contributed by atoms with E-state index in [9.17, 15) is 10.1 Å². The SMILES string of the molecule is C=C(c1nc(Nc2cnc(C)c(-n3nccn3)c2)c(C#N)cc1F)[C@H](C)[C@@H](NC(=O)OC(C)(C)C)C(C)CC. The maximum atomic E-state index is 15.3. The zero-order valence-electron chi connectivity index (χ0n) is 23.4. The fourth-order valence-corrected chi connectivity index (χ4v) is 4.05. The van der Waals surface area contributed by atoms with E-state index in [1.54, 1.807) is 45.4 Å². The molecule has 0 aromatic carbocycles. The van der Waals surface area contributed by atoms with Gasteiger partial charge in [0, 0.05) is 12.0 Å². The molecule has 1 unspecified atom stereocenters. The number of carbonyl (C=O) groups is 1. The highest BCUT2D eigenvalue weighted by molar-refractivity contribution is 5.72. The molecule has 11 heteroatoms.